The van der Waals surface area contributed by atoms with Crippen LogP contribution in [0.5, 0.6) is 0 Å². The van der Waals surface area contributed by atoms with E-state index in [9.17, 15) is 0 Å². The summed E-state index contributed by atoms with van der Waals surface area (Å²) in [5, 5.41) is 6.82. The third-order valence-electron chi connectivity index (χ3n) is 4.50. The minimum Gasteiger partial charge on any atom is -0.357 e. The summed E-state index contributed by atoms with van der Waals surface area (Å²) in [4.78, 5) is 7.34. The Labute approximate surface area is 141 Å². The van der Waals surface area contributed by atoms with Crippen molar-refractivity contribution in [2.45, 2.75) is 46.1 Å². The third-order valence-corrected chi connectivity index (χ3v) is 4.50. The van der Waals surface area contributed by atoms with Crippen LogP contribution >= 0.6 is 0 Å². The van der Waals surface area contributed by atoms with Crippen LogP contribution in [-0.2, 0) is 6.42 Å². The highest BCUT2D eigenvalue weighted by Gasteiger charge is 2.22. The highest BCUT2D eigenvalue weighted by Crippen LogP contribution is 2.16. The Balaban J connectivity index is 1.81. The number of guanidine groups is 1. The van der Waals surface area contributed by atoms with Gasteiger partial charge in [0.1, 0.15) is 0 Å². The van der Waals surface area contributed by atoms with Crippen LogP contribution in [-0.4, -0.2) is 49.6 Å². The lowest BCUT2D eigenvalue weighted by atomic mass is 10.1. The number of hydrogen-bond donors (Lipinski definition) is 2. The minimum atomic E-state index is 0.618. The molecule has 0 aromatic heterocycles. The molecule has 1 atom stereocenters. The summed E-state index contributed by atoms with van der Waals surface area (Å²) in [7, 11) is 0. The molecular weight excluding hydrogens is 284 g/mol. The van der Waals surface area contributed by atoms with Crippen LogP contribution in [0.25, 0.3) is 0 Å². The first-order valence-electron chi connectivity index (χ1n) is 9.04. The first-order chi connectivity index (χ1) is 11.2. The molecule has 1 aliphatic rings. The van der Waals surface area contributed by atoms with Gasteiger partial charge < -0.3 is 10.6 Å². The van der Waals surface area contributed by atoms with Crippen LogP contribution in [0, 0.1) is 6.92 Å². The smallest absolute Gasteiger partial charge is 0.191 e. The van der Waals surface area contributed by atoms with E-state index in [1.54, 1.807) is 0 Å². The number of aliphatic imine (C=N–C) groups is 1. The predicted octanol–water partition coefficient (Wildman–Crippen LogP) is 2.58. The Bertz CT molecular complexity index is 498. The van der Waals surface area contributed by atoms with Gasteiger partial charge in [0.05, 0.1) is 6.54 Å². The number of hydrogen-bond acceptors (Lipinski definition) is 2. The van der Waals surface area contributed by atoms with Gasteiger partial charge in [0.15, 0.2) is 5.96 Å². The molecule has 128 valence electrons. The second-order valence-electron chi connectivity index (χ2n) is 6.31. The number of aryl methyl sites for hydroxylation is 1. The fraction of sp³-hybridized carbons (Fsp3) is 0.632. The van der Waals surface area contributed by atoms with E-state index in [-0.39, 0.29) is 0 Å². The van der Waals surface area contributed by atoms with E-state index in [0.717, 1.165) is 38.6 Å². The quantitative estimate of drug-likeness (QED) is 0.600. The van der Waals surface area contributed by atoms with Gasteiger partial charge in [0.25, 0.3) is 0 Å². The van der Waals surface area contributed by atoms with E-state index < -0.39 is 0 Å². The minimum absolute atomic E-state index is 0.618. The Morgan fingerprint density at radius 3 is 2.91 bits per heavy atom. The van der Waals surface area contributed by atoms with Gasteiger partial charge in [-0.25, -0.2) is 0 Å². The number of rotatable bonds is 7. The lowest BCUT2D eigenvalue weighted by molar-refractivity contribution is 0.273. The van der Waals surface area contributed by atoms with Gasteiger partial charge in [-0.05, 0) is 51.8 Å². The first-order valence-corrected chi connectivity index (χ1v) is 9.04. The van der Waals surface area contributed by atoms with Gasteiger partial charge in [-0.3, -0.25) is 9.89 Å². The van der Waals surface area contributed by atoms with Crippen LogP contribution < -0.4 is 10.6 Å². The van der Waals surface area contributed by atoms with Crippen LogP contribution in [0.3, 0.4) is 0 Å². The molecule has 0 radical (unpaired) electrons. The molecule has 2 rings (SSSR count). The molecule has 1 aromatic carbocycles. The summed E-state index contributed by atoms with van der Waals surface area (Å²) in [6.07, 6.45) is 3.61. The molecule has 1 unspecified atom stereocenters. The van der Waals surface area contributed by atoms with Gasteiger partial charge in [0.2, 0.25) is 0 Å². The summed E-state index contributed by atoms with van der Waals surface area (Å²) in [5.41, 5.74) is 2.70. The fourth-order valence-corrected chi connectivity index (χ4v) is 3.25. The van der Waals surface area contributed by atoms with Crippen molar-refractivity contribution < 1.29 is 0 Å². The Morgan fingerprint density at radius 1 is 1.30 bits per heavy atom. The van der Waals surface area contributed by atoms with Gasteiger partial charge in [-0.2, -0.15) is 0 Å². The highest BCUT2D eigenvalue weighted by atomic mass is 15.2. The molecule has 0 saturated carbocycles. The molecule has 0 aliphatic carbocycles. The Morgan fingerprint density at radius 2 is 2.17 bits per heavy atom. The summed E-state index contributed by atoms with van der Waals surface area (Å²) in [6.45, 7) is 11.6. The van der Waals surface area contributed by atoms with Crippen LogP contribution in [0.1, 0.15) is 37.8 Å². The molecule has 0 spiro atoms. The molecule has 0 bridgehead atoms. The molecule has 4 nitrogen and oxygen atoms in total. The van der Waals surface area contributed by atoms with Crippen molar-refractivity contribution in [2.75, 3.05) is 32.7 Å². The van der Waals surface area contributed by atoms with Crippen molar-refractivity contribution in [3.05, 3.63) is 35.4 Å². The maximum atomic E-state index is 4.80. The van der Waals surface area contributed by atoms with Crippen molar-refractivity contribution in [2.24, 2.45) is 4.99 Å². The molecular formula is C19H32N4. The average Bonchev–Trinajstić information content (AvgIpc) is 3.00. The molecule has 1 aromatic rings. The van der Waals surface area contributed by atoms with Gasteiger partial charge in [-0.15, -0.1) is 0 Å². The molecule has 23 heavy (non-hydrogen) atoms. The lowest BCUT2D eigenvalue weighted by Crippen LogP contribution is -2.40. The fourth-order valence-electron chi connectivity index (χ4n) is 3.25. The van der Waals surface area contributed by atoms with Crippen LogP contribution in [0.4, 0.5) is 0 Å². The molecule has 1 saturated heterocycles. The topological polar surface area (TPSA) is 39.7 Å². The second-order valence-corrected chi connectivity index (χ2v) is 6.31. The van der Waals surface area contributed by atoms with Crippen molar-refractivity contribution >= 4 is 5.96 Å². The zero-order valence-corrected chi connectivity index (χ0v) is 14.9. The monoisotopic (exact) mass is 316 g/mol. The predicted molar refractivity (Wildman–Crippen MR) is 99.1 cm³/mol. The normalized spacial score (nSPS) is 19.1. The third kappa shape index (κ3) is 5.87. The van der Waals surface area contributed by atoms with E-state index in [4.69, 9.17) is 4.99 Å². The number of benzene rings is 1. The summed E-state index contributed by atoms with van der Waals surface area (Å²) in [5.74, 6) is 0.947. The molecule has 2 N–H and O–H groups in total. The van der Waals surface area contributed by atoms with E-state index >= 15 is 0 Å². The first kappa shape index (κ1) is 17.8. The van der Waals surface area contributed by atoms with Crippen molar-refractivity contribution in [3.63, 3.8) is 0 Å². The SMILES string of the molecule is CCNC(=NCC1CCCN1CC)NCCc1cccc(C)c1. The number of likely N-dealkylation sites (N-methyl/N-ethyl adjacent to an activating group) is 1. The van der Waals surface area contributed by atoms with Crippen LogP contribution in [0.2, 0.25) is 0 Å². The summed E-state index contributed by atoms with van der Waals surface area (Å²) < 4.78 is 0. The van der Waals surface area contributed by atoms with E-state index in [0.29, 0.717) is 6.04 Å². The zero-order valence-electron chi connectivity index (χ0n) is 14.9. The largest absolute Gasteiger partial charge is 0.357 e. The van der Waals surface area contributed by atoms with Gasteiger partial charge >= 0.3 is 0 Å². The summed E-state index contributed by atoms with van der Waals surface area (Å²) in [6, 6.07) is 9.33. The van der Waals surface area contributed by atoms with Crippen LogP contribution in [0.15, 0.2) is 29.3 Å². The zero-order chi connectivity index (χ0) is 16.5. The second kappa shape index (κ2) is 9.56. The van der Waals surface area contributed by atoms with E-state index in [1.807, 2.05) is 0 Å². The molecule has 4 heteroatoms. The number of nitrogens with one attached hydrogen (secondary N) is 2. The van der Waals surface area contributed by atoms with E-state index in [2.05, 4.69) is 60.6 Å². The summed E-state index contributed by atoms with van der Waals surface area (Å²) >= 11 is 0. The molecule has 1 heterocycles. The van der Waals surface area contributed by atoms with Gasteiger partial charge in [-0.1, -0.05) is 36.8 Å². The number of nitrogens with zero attached hydrogens (tertiary/aromatic N) is 2. The Hall–Kier alpha value is -1.55. The van der Waals surface area contributed by atoms with Crippen molar-refractivity contribution in [3.8, 4) is 0 Å². The maximum Gasteiger partial charge on any atom is 0.191 e. The number of likely N-dealkylation sites (tertiary alicyclic amines) is 1. The maximum absolute atomic E-state index is 4.80. The Kier molecular flexibility index (Phi) is 7.40. The lowest BCUT2D eigenvalue weighted by Gasteiger charge is -2.21. The molecule has 0 amide bonds. The standard InChI is InChI=1S/C19H32N4/c1-4-20-19(22-15-18-10-7-13-23(18)5-2)21-12-11-17-9-6-8-16(3)14-17/h6,8-9,14,18H,4-5,7,10-13,15H2,1-3H3,(H2,20,21,22). The molecule has 1 aliphatic heterocycles. The average molecular weight is 316 g/mol. The van der Waals surface area contributed by atoms with E-state index in [1.165, 1.54) is 30.5 Å². The van der Waals surface area contributed by atoms with Crippen molar-refractivity contribution in [1.29, 1.82) is 0 Å². The van der Waals surface area contributed by atoms with Gasteiger partial charge in [0, 0.05) is 19.1 Å². The highest BCUT2D eigenvalue weighted by molar-refractivity contribution is 5.79. The van der Waals surface area contributed by atoms with Crippen molar-refractivity contribution in [1.82, 2.24) is 15.5 Å². The molecule has 1 fully saturated rings.